The Bertz CT molecular complexity index is 347. The van der Waals surface area contributed by atoms with Crippen molar-refractivity contribution in [2.24, 2.45) is 11.7 Å². The van der Waals surface area contributed by atoms with Crippen molar-refractivity contribution in [2.45, 2.75) is 51.7 Å². The smallest absolute Gasteiger partial charge is 0.0897 e. The summed E-state index contributed by atoms with van der Waals surface area (Å²) in [6.45, 7) is 4.93. The maximum Gasteiger partial charge on any atom is 0.0897 e. The van der Waals surface area contributed by atoms with Crippen molar-refractivity contribution >= 4 is 11.3 Å². The van der Waals surface area contributed by atoms with Gasteiger partial charge in [-0.1, -0.05) is 0 Å². The zero-order valence-corrected chi connectivity index (χ0v) is 11.5. The van der Waals surface area contributed by atoms with E-state index in [1.165, 1.54) is 12.8 Å². The zero-order valence-electron chi connectivity index (χ0n) is 10.7. The molecule has 3 nitrogen and oxygen atoms in total. The van der Waals surface area contributed by atoms with Crippen molar-refractivity contribution in [1.29, 1.82) is 0 Å². The SMILES string of the molecule is CCOC1CC(CC(N)Cc2csc(C)n2)C1. The second kappa shape index (κ2) is 5.94. The van der Waals surface area contributed by atoms with E-state index in [1.54, 1.807) is 11.3 Å². The van der Waals surface area contributed by atoms with E-state index in [2.05, 4.69) is 17.3 Å². The van der Waals surface area contributed by atoms with Gasteiger partial charge in [-0.05, 0) is 39.0 Å². The van der Waals surface area contributed by atoms with Crippen LogP contribution in [0.4, 0.5) is 0 Å². The van der Waals surface area contributed by atoms with Crippen molar-refractivity contribution in [1.82, 2.24) is 4.98 Å². The summed E-state index contributed by atoms with van der Waals surface area (Å²) in [5, 5.41) is 3.26. The van der Waals surface area contributed by atoms with Crippen LogP contribution in [0.5, 0.6) is 0 Å². The monoisotopic (exact) mass is 254 g/mol. The quantitative estimate of drug-likeness (QED) is 0.848. The lowest BCUT2D eigenvalue weighted by Gasteiger charge is -2.36. The van der Waals surface area contributed by atoms with Gasteiger partial charge in [-0.3, -0.25) is 0 Å². The Balaban J connectivity index is 1.67. The summed E-state index contributed by atoms with van der Waals surface area (Å²) in [5.74, 6) is 0.765. The highest BCUT2D eigenvalue weighted by molar-refractivity contribution is 7.09. The van der Waals surface area contributed by atoms with Gasteiger partial charge in [0.25, 0.3) is 0 Å². The standard InChI is InChI=1S/C13H22N2OS/c1-3-16-13-5-10(6-13)4-11(14)7-12-8-17-9(2)15-12/h8,10-11,13H,3-7,14H2,1-2H3. The van der Waals surface area contributed by atoms with Crippen LogP contribution in [0.3, 0.4) is 0 Å². The molecule has 1 fully saturated rings. The molecule has 1 heterocycles. The molecule has 1 aliphatic rings. The van der Waals surface area contributed by atoms with E-state index in [0.29, 0.717) is 6.10 Å². The first-order valence-electron chi connectivity index (χ1n) is 6.45. The first-order valence-corrected chi connectivity index (χ1v) is 7.33. The molecule has 96 valence electrons. The molecule has 0 radical (unpaired) electrons. The van der Waals surface area contributed by atoms with Crippen LogP contribution in [-0.4, -0.2) is 23.7 Å². The van der Waals surface area contributed by atoms with Gasteiger partial charge in [0.15, 0.2) is 0 Å². The van der Waals surface area contributed by atoms with Crippen LogP contribution in [0.1, 0.15) is 36.9 Å². The summed E-state index contributed by atoms with van der Waals surface area (Å²) < 4.78 is 5.56. The number of hydrogen-bond donors (Lipinski definition) is 1. The van der Waals surface area contributed by atoms with Crippen LogP contribution in [-0.2, 0) is 11.2 Å². The molecule has 0 amide bonds. The molecule has 0 spiro atoms. The first-order chi connectivity index (χ1) is 8.17. The Morgan fingerprint density at radius 2 is 2.35 bits per heavy atom. The molecule has 4 heteroatoms. The van der Waals surface area contributed by atoms with Gasteiger partial charge in [0.2, 0.25) is 0 Å². The lowest BCUT2D eigenvalue weighted by atomic mass is 9.78. The largest absolute Gasteiger partial charge is 0.378 e. The molecule has 0 bridgehead atoms. The highest BCUT2D eigenvalue weighted by atomic mass is 32.1. The molecular weight excluding hydrogens is 232 g/mol. The summed E-state index contributed by atoms with van der Waals surface area (Å²) in [6.07, 6.45) is 4.91. The fourth-order valence-electron chi connectivity index (χ4n) is 2.52. The van der Waals surface area contributed by atoms with Gasteiger partial charge in [0.1, 0.15) is 0 Å². The molecule has 0 saturated heterocycles. The van der Waals surface area contributed by atoms with Crippen LogP contribution in [0.25, 0.3) is 0 Å². The fourth-order valence-corrected chi connectivity index (χ4v) is 3.15. The van der Waals surface area contributed by atoms with Gasteiger partial charge in [-0.25, -0.2) is 4.98 Å². The maximum atomic E-state index is 6.17. The summed E-state index contributed by atoms with van der Waals surface area (Å²) in [7, 11) is 0. The van der Waals surface area contributed by atoms with E-state index in [4.69, 9.17) is 10.5 Å². The average molecular weight is 254 g/mol. The molecule has 0 aliphatic heterocycles. The molecule has 1 atom stereocenters. The number of aryl methyl sites for hydroxylation is 1. The number of aromatic nitrogens is 1. The van der Waals surface area contributed by atoms with Crippen molar-refractivity contribution in [2.75, 3.05) is 6.61 Å². The third-order valence-electron chi connectivity index (χ3n) is 3.37. The highest BCUT2D eigenvalue weighted by Gasteiger charge is 2.30. The lowest BCUT2D eigenvalue weighted by molar-refractivity contribution is -0.0281. The molecule has 1 aliphatic carbocycles. The summed E-state index contributed by atoms with van der Waals surface area (Å²) >= 11 is 1.71. The number of rotatable bonds is 6. The number of nitrogens with zero attached hydrogens (tertiary/aromatic N) is 1. The Hall–Kier alpha value is -0.450. The average Bonchev–Trinajstić information content (AvgIpc) is 2.61. The Labute approximate surface area is 107 Å². The zero-order chi connectivity index (χ0) is 12.3. The summed E-state index contributed by atoms with van der Waals surface area (Å²) in [6, 6.07) is 0.254. The normalized spacial score (nSPS) is 25.6. The maximum absolute atomic E-state index is 6.17. The number of ether oxygens (including phenoxy) is 1. The molecule has 1 aromatic heterocycles. The first kappa shape index (κ1) is 13.0. The van der Waals surface area contributed by atoms with E-state index in [0.717, 1.165) is 36.1 Å². The van der Waals surface area contributed by atoms with E-state index in [-0.39, 0.29) is 6.04 Å². The number of nitrogens with two attached hydrogens (primary N) is 1. The second-order valence-corrected chi connectivity index (χ2v) is 6.03. The van der Waals surface area contributed by atoms with Gasteiger partial charge < -0.3 is 10.5 Å². The topological polar surface area (TPSA) is 48.1 Å². The van der Waals surface area contributed by atoms with Crippen LogP contribution in [0, 0.1) is 12.8 Å². The fraction of sp³-hybridized carbons (Fsp3) is 0.769. The minimum absolute atomic E-state index is 0.254. The van der Waals surface area contributed by atoms with Crippen LogP contribution >= 0.6 is 11.3 Å². The highest BCUT2D eigenvalue weighted by Crippen LogP contribution is 2.33. The minimum atomic E-state index is 0.254. The van der Waals surface area contributed by atoms with Crippen molar-refractivity contribution in [3.8, 4) is 0 Å². The lowest BCUT2D eigenvalue weighted by Crippen LogP contribution is -2.36. The van der Waals surface area contributed by atoms with E-state index in [1.807, 2.05) is 6.92 Å². The predicted molar refractivity (Wildman–Crippen MR) is 71.3 cm³/mol. The third kappa shape index (κ3) is 3.76. The van der Waals surface area contributed by atoms with Crippen LogP contribution in [0.15, 0.2) is 5.38 Å². The van der Waals surface area contributed by atoms with Crippen LogP contribution < -0.4 is 5.73 Å². The van der Waals surface area contributed by atoms with E-state index in [9.17, 15) is 0 Å². The van der Waals surface area contributed by atoms with Gasteiger partial charge in [0.05, 0.1) is 16.8 Å². The summed E-state index contributed by atoms with van der Waals surface area (Å²) in [4.78, 5) is 4.46. The minimum Gasteiger partial charge on any atom is -0.378 e. The van der Waals surface area contributed by atoms with Crippen molar-refractivity contribution in [3.63, 3.8) is 0 Å². The molecular formula is C13H22N2OS. The Morgan fingerprint density at radius 3 is 2.94 bits per heavy atom. The van der Waals surface area contributed by atoms with Crippen LogP contribution in [0.2, 0.25) is 0 Å². The molecule has 2 rings (SSSR count). The molecule has 17 heavy (non-hydrogen) atoms. The third-order valence-corrected chi connectivity index (χ3v) is 4.19. The van der Waals surface area contributed by atoms with Crippen molar-refractivity contribution in [3.05, 3.63) is 16.1 Å². The van der Waals surface area contributed by atoms with Gasteiger partial charge in [0, 0.05) is 24.4 Å². The molecule has 0 aromatic carbocycles. The number of hydrogen-bond acceptors (Lipinski definition) is 4. The van der Waals surface area contributed by atoms with Gasteiger partial charge in [-0.2, -0.15) is 0 Å². The van der Waals surface area contributed by atoms with Gasteiger partial charge in [-0.15, -0.1) is 11.3 Å². The van der Waals surface area contributed by atoms with Gasteiger partial charge >= 0.3 is 0 Å². The van der Waals surface area contributed by atoms with Crippen molar-refractivity contribution < 1.29 is 4.74 Å². The van der Waals surface area contributed by atoms with E-state index < -0.39 is 0 Å². The predicted octanol–water partition coefficient (Wildman–Crippen LogP) is 2.53. The molecule has 1 unspecified atom stereocenters. The molecule has 2 N–H and O–H groups in total. The second-order valence-electron chi connectivity index (χ2n) is 4.97. The number of thiazole rings is 1. The Kier molecular flexibility index (Phi) is 4.54. The Morgan fingerprint density at radius 1 is 1.59 bits per heavy atom. The molecule has 1 aromatic rings. The van der Waals surface area contributed by atoms with E-state index >= 15 is 0 Å². The molecule has 1 saturated carbocycles. The summed E-state index contributed by atoms with van der Waals surface area (Å²) in [5.41, 5.74) is 7.32.